The number of aromatic carboxylic acids is 1. The number of anilines is 1. The van der Waals surface area contributed by atoms with Crippen molar-refractivity contribution in [2.45, 2.75) is 32.1 Å². The second-order valence-electron chi connectivity index (χ2n) is 9.23. The van der Waals surface area contributed by atoms with Crippen LogP contribution >= 0.6 is 11.3 Å². The largest absolute Gasteiger partial charge is 0.507 e. The molecule has 2 aromatic heterocycles. The number of rotatable bonds is 7. The zero-order chi connectivity index (χ0) is 27.8. The van der Waals surface area contributed by atoms with E-state index in [-0.39, 0.29) is 41.2 Å². The first-order chi connectivity index (χ1) is 18.7. The van der Waals surface area contributed by atoms with Gasteiger partial charge >= 0.3 is 17.8 Å². The number of amides is 1. The number of aromatic nitrogens is 1. The van der Waals surface area contributed by atoms with E-state index in [0.29, 0.717) is 40.1 Å². The molecule has 39 heavy (non-hydrogen) atoms. The van der Waals surface area contributed by atoms with Crippen LogP contribution in [0.1, 0.15) is 26.4 Å². The van der Waals surface area contributed by atoms with Crippen molar-refractivity contribution >= 4 is 45.0 Å². The highest BCUT2D eigenvalue weighted by Gasteiger charge is 2.35. The summed E-state index contributed by atoms with van der Waals surface area (Å²) in [6, 6.07) is 12.2. The highest BCUT2D eigenvalue weighted by molar-refractivity contribution is 7.17. The SMILES string of the molecule is COc1ccc(CN2Cc3sc(NC(=O)C(=O)O)c(C(=O)O)c3CC2Cn2cc3cccc(O)c3c2O)cc1. The first-order valence-corrected chi connectivity index (χ1v) is 12.8. The number of carboxylic acids is 2. The fraction of sp³-hybridized carbons (Fsp3) is 0.222. The van der Waals surface area contributed by atoms with Gasteiger partial charge in [0.2, 0.25) is 5.88 Å². The standard InChI is InChI=1S/C27H25N3O8S/c1-38-17-7-5-14(6-8-17)10-29-13-20-18(22(26(34)35)24(39-20)28-23(32)27(36)37)9-16(29)12-30-11-15-3-2-4-19(31)21(15)25(30)33/h2-8,11,16,31,33H,9-10,12-13H2,1H3,(H,28,32)(H,34,35)(H,36,37). The average Bonchev–Trinajstić information content (AvgIpc) is 3.41. The predicted molar refractivity (Wildman–Crippen MR) is 143 cm³/mol. The van der Waals surface area contributed by atoms with Gasteiger partial charge < -0.3 is 35.0 Å². The smallest absolute Gasteiger partial charge is 0.394 e. The highest BCUT2D eigenvalue weighted by atomic mass is 32.1. The Hall–Kier alpha value is -4.55. The molecule has 0 radical (unpaired) electrons. The lowest BCUT2D eigenvalue weighted by Gasteiger charge is -2.36. The lowest BCUT2D eigenvalue weighted by molar-refractivity contribution is -0.147. The molecule has 0 saturated heterocycles. The lowest BCUT2D eigenvalue weighted by Crippen LogP contribution is -2.42. The maximum atomic E-state index is 12.2. The molecule has 1 atom stereocenters. The molecule has 0 fully saturated rings. The summed E-state index contributed by atoms with van der Waals surface area (Å²) in [6.45, 7) is 1.12. The molecule has 0 bridgehead atoms. The molecule has 5 N–H and O–H groups in total. The van der Waals surface area contributed by atoms with Crippen molar-refractivity contribution in [3.63, 3.8) is 0 Å². The molecular formula is C27H25N3O8S. The molecule has 1 aliphatic heterocycles. The van der Waals surface area contributed by atoms with Crippen LogP contribution in [0.3, 0.4) is 0 Å². The van der Waals surface area contributed by atoms with E-state index in [4.69, 9.17) is 9.84 Å². The molecular weight excluding hydrogens is 526 g/mol. The Morgan fingerprint density at radius 3 is 2.49 bits per heavy atom. The van der Waals surface area contributed by atoms with Gasteiger partial charge in [-0.25, -0.2) is 9.59 Å². The molecule has 3 heterocycles. The van der Waals surface area contributed by atoms with Gasteiger partial charge in [0, 0.05) is 42.1 Å². The van der Waals surface area contributed by atoms with Crippen molar-refractivity contribution < 1.29 is 39.5 Å². The number of phenolic OH excluding ortho intramolecular Hbond substituents is 1. The number of benzene rings is 2. The van der Waals surface area contributed by atoms with Crippen LogP contribution in [-0.2, 0) is 35.6 Å². The van der Waals surface area contributed by atoms with Gasteiger partial charge in [0.15, 0.2) is 0 Å². The number of carboxylic acid groups (broad SMARTS) is 2. The van der Waals surface area contributed by atoms with Gasteiger partial charge in [-0.05, 0) is 35.7 Å². The molecule has 0 saturated carbocycles. The van der Waals surface area contributed by atoms with E-state index in [1.807, 2.05) is 24.3 Å². The molecule has 0 spiro atoms. The Kier molecular flexibility index (Phi) is 6.89. The normalized spacial score (nSPS) is 15.2. The molecule has 2 aromatic carbocycles. The summed E-state index contributed by atoms with van der Waals surface area (Å²) in [4.78, 5) is 38.0. The minimum absolute atomic E-state index is 0.0237. The minimum Gasteiger partial charge on any atom is -0.507 e. The van der Waals surface area contributed by atoms with E-state index >= 15 is 0 Å². The molecule has 1 unspecified atom stereocenters. The third-order valence-corrected chi connectivity index (χ3v) is 7.98. The first-order valence-electron chi connectivity index (χ1n) is 11.9. The van der Waals surface area contributed by atoms with Crippen molar-refractivity contribution in [1.82, 2.24) is 9.47 Å². The number of aliphatic carboxylic acids is 1. The number of aromatic hydroxyl groups is 2. The van der Waals surface area contributed by atoms with Gasteiger partial charge in [-0.2, -0.15) is 0 Å². The molecule has 12 heteroatoms. The molecule has 1 aliphatic rings. The summed E-state index contributed by atoms with van der Waals surface area (Å²) in [5.41, 5.74) is 1.37. The average molecular weight is 552 g/mol. The van der Waals surface area contributed by atoms with Crippen LogP contribution < -0.4 is 10.1 Å². The maximum absolute atomic E-state index is 12.2. The van der Waals surface area contributed by atoms with Gasteiger partial charge in [0.1, 0.15) is 16.5 Å². The minimum atomic E-state index is -1.71. The van der Waals surface area contributed by atoms with E-state index in [9.17, 15) is 29.7 Å². The molecule has 1 amide bonds. The topological polar surface area (TPSA) is 162 Å². The fourth-order valence-corrected chi connectivity index (χ4v) is 6.22. The Balaban J connectivity index is 1.53. The van der Waals surface area contributed by atoms with Crippen molar-refractivity contribution in [2.24, 2.45) is 0 Å². The van der Waals surface area contributed by atoms with E-state index in [0.717, 1.165) is 16.9 Å². The third kappa shape index (κ3) is 4.99. The Morgan fingerprint density at radius 2 is 1.85 bits per heavy atom. The van der Waals surface area contributed by atoms with Crippen LogP contribution in [-0.4, -0.2) is 60.9 Å². The van der Waals surface area contributed by atoms with Gasteiger partial charge in [-0.3, -0.25) is 9.69 Å². The number of nitrogens with one attached hydrogen (secondary N) is 1. The van der Waals surface area contributed by atoms with Crippen molar-refractivity contribution in [2.75, 3.05) is 12.4 Å². The third-order valence-electron chi connectivity index (χ3n) is 6.85. The predicted octanol–water partition coefficient (Wildman–Crippen LogP) is 3.47. The summed E-state index contributed by atoms with van der Waals surface area (Å²) in [5.74, 6) is -3.73. The Labute approximate surface area is 226 Å². The van der Waals surface area contributed by atoms with Crippen molar-refractivity contribution in [3.8, 4) is 17.4 Å². The van der Waals surface area contributed by atoms with Crippen LogP contribution in [0.5, 0.6) is 17.4 Å². The summed E-state index contributed by atoms with van der Waals surface area (Å²) in [7, 11) is 1.58. The number of carbonyl (C=O) groups excluding carboxylic acids is 1. The van der Waals surface area contributed by atoms with Crippen LogP contribution in [0, 0.1) is 0 Å². The number of ether oxygens (including phenoxy) is 1. The second kappa shape index (κ2) is 10.3. The molecule has 5 rings (SSSR count). The van der Waals surface area contributed by atoms with E-state index in [2.05, 4.69) is 10.2 Å². The number of methoxy groups -OCH3 is 1. The van der Waals surface area contributed by atoms with Crippen molar-refractivity contribution in [3.05, 3.63) is 70.2 Å². The van der Waals surface area contributed by atoms with Gasteiger partial charge in [-0.1, -0.05) is 24.3 Å². The summed E-state index contributed by atoms with van der Waals surface area (Å²) in [5, 5.41) is 43.3. The Morgan fingerprint density at radius 1 is 1.10 bits per heavy atom. The lowest BCUT2D eigenvalue weighted by atomic mass is 9.95. The quantitative estimate of drug-likeness (QED) is 0.217. The molecule has 202 valence electrons. The Bertz CT molecular complexity index is 1590. The summed E-state index contributed by atoms with van der Waals surface area (Å²) in [6.07, 6.45) is 2.00. The van der Waals surface area contributed by atoms with E-state index in [1.54, 1.807) is 30.0 Å². The molecule has 4 aromatic rings. The highest BCUT2D eigenvalue weighted by Crippen LogP contribution is 2.41. The van der Waals surface area contributed by atoms with Gasteiger partial charge in [-0.15, -0.1) is 11.3 Å². The number of thiophene rings is 1. The maximum Gasteiger partial charge on any atom is 0.394 e. The second-order valence-corrected chi connectivity index (χ2v) is 10.3. The summed E-state index contributed by atoms with van der Waals surface area (Å²) < 4.78 is 6.87. The number of hydrogen-bond acceptors (Lipinski definition) is 8. The number of hydrogen-bond donors (Lipinski definition) is 5. The molecule has 11 nitrogen and oxygen atoms in total. The summed E-state index contributed by atoms with van der Waals surface area (Å²) >= 11 is 1.05. The van der Waals surface area contributed by atoms with Crippen molar-refractivity contribution in [1.29, 1.82) is 0 Å². The zero-order valence-corrected chi connectivity index (χ0v) is 21.6. The number of carbonyl (C=O) groups is 3. The first kappa shape index (κ1) is 26.1. The monoisotopic (exact) mass is 551 g/mol. The fourth-order valence-electron chi connectivity index (χ4n) is 4.98. The van der Waals surface area contributed by atoms with Crippen LogP contribution in [0.2, 0.25) is 0 Å². The van der Waals surface area contributed by atoms with E-state index in [1.165, 1.54) is 6.07 Å². The van der Waals surface area contributed by atoms with Crippen LogP contribution in [0.25, 0.3) is 10.8 Å². The molecule has 0 aliphatic carbocycles. The zero-order valence-electron chi connectivity index (χ0n) is 20.7. The number of phenols is 1. The van der Waals surface area contributed by atoms with Crippen LogP contribution in [0.15, 0.2) is 48.7 Å². The van der Waals surface area contributed by atoms with Gasteiger partial charge in [0.05, 0.1) is 18.1 Å². The van der Waals surface area contributed by atoms with Crippen LogP contribution in [0.4, 0.5) is 5.00 Å². The number of fused-ring (bicyclic) bond motifs is 2. The number of nitrogens with zero attached hydrogens (tertiary/aromatic N) is 2. The van der Waals surface area contributed by atoms with Gasteiger partial charge in [0.25, 0.3) is 0 Å². The van der Waals surface area contributed by atoms with E-state index < -0.39 is 17.8 Å².